The summed E-state index contributed by atoms with van der Waals surface area (Å²) in [5.74, 6) is 1.55. The van der Waals surface area contributed by atoms with Crippen LogP contribution in [0.1, 0.15) is 42.4 Å². The molecule has 3 heterocycles. The summed E-state index contributed by atoms with van der Waals surface area (Å²) in [5, 5.41) is 9.88. The summed E-state index contributed by atoms with van der Waals surface area (Å²) in [4.78, 5) is 29.4. The number of carbonyl (C=O) groups is 1. The Hall–Kier alpha value is -2.80. The molecule has 4 atom stereocenters. The van der Waals surface area contributed by atoms with Crippen molar-refractivity contribution < 1.29 is 14.6 Å². The Morgan fingerprint density at radius 1 is 1.17 bits per heavy atom. The SMILES string of the molecule is CC1C=C(O)C=CC1c1nc(N2CCOCC2)nc2ccc(C(=O)C3CC3C)nc12. The van der Waals surface area contributed by atoms with E-state index in [0.29, 0.717) is 36.3 Å². The maximum Gasteiger partial charge on any atom is 0.226 e. The number of nitrogens with zero attached hydrogens (tertiary/aromatic N) is 4. The van der Waals surface area contributed by atoms with Crippen molar-refractivity contribution in [1.29, 1.82) is 0 Å². The minimum atomic E-state index is -0.0520. The van der Waals surface area contributed by atoms with Gasteiger partial charge in [0.05, 0.1) is 24.4 Å². The molecule has 5 rings (SSSR count). The molecule has 7 heteroatoms. The maximum absolute atomic E-state index is 12.8. The Kier molecular flexibility index (Phi) is 4.77. The average molecular weight is 406 g/mol. The Labute approximate surface area is 175 Å². The molecule has 0 radical (unpaired) electrons. The van der Waals surface area contributed by atoms with Gasteiger partial charge in [0, 0.05) is 24.9 Å². The zero-order valence-corrected chi connectivity index (χ0v) is 17.3. The molecule has 2 fully saturated rings. The van der Waals surface area contributed by atoms with Crippen molar-refractivity contribution >= 4 is 22.8 Å². The van der Waals surface area contributed by atoms with E-state index >= 15 is 0 Å². The Morgan fingerprint density at radius 3 is 2.63 bits per heavy atom. The lowest BCUT2D eigenvalue weighted by molar-refractivity contribution is 0.0957. The number of anilines is 1. The van der Waals surface area contributed by atoms with Crippen LogP contribution in [0.4, 0.5) is 5.95 Å². The van der Waals surface area contributed by atoms with Crippen LogP contribution in [0.3, 0.4) is 0 Å². The Morgan fingerprint density at radius 2 is 1.93 bits per heavy atom. The van der Waals surface area contributed by atoms with E-state index in [1.165, 1.54) is 0 Å². The normalized spacial score (nSPS) is 28.5. The zero-order chi connectivity index (χ0) is 20.8. The number of fused-ring (bicyclic) bond motifs is 1. The van der Waals surface area contributed by atoms with Gasteiger partial charge in [-0.2, -0.15) is 0 Å². The summed E-state index contributed by atoms with van der Waals surface area (Å²) in [6.45, 7) is 6.93. The van der Waals surface area contributed by atoms with Gasteiger partial charge in [0.25, 0.3) is 0 Å². The van der Waals surface area contributed by atoms with Crippen molar-refractivity contribution in [1.82, 2.24) is 15.0 Å². The molecule has 1 saturated heterocycles. The summed E-state index contributed by atoms with van der Waals surface area (Å²) >= 11 is 0. The van der Waals surface area contributed by atoms with Gasteiger partial charge in [-0.05, 0) is 42.5 Å². The van der Waals surface area contributed by atoms with E-state index in [-0.39, 0.29) is 29.3 Å². The highest BCUT2D eigenvalue weighted by Crippen LogP contribution is 2.40. The van der Waals surface area contributed by atoms with Gasteiger partial charge in [0.15, 0.2) is 5.78 Å². The average Bonchev–Trinajstić information content (AvgIpc) is 3.49. The van der Waals surface area contributed by atoms with Crippen molar-refractivity contribution in [3.8, 4) is 0 Å². The Balaban J connectivity index is 1.62. The predicted molar refractivity (Wildman–Crippen MR) is 114 cm³/mol. The minimum Gasteiger partial charge on any atom is -0.508 e. The largest absolute Gasteiger partial charge is 0.508 e. The number of carbonyl (C=O) groups excluding carboxylic acids is 1. The molecule has 3 aliphatic rings. The van der Waals surface area contributed by atoms with Crippen LogP contribution in [-0.4, -0.2) is 52.1 Å². The first-order chi connectivity index (χ1) is 14.5. The third-order valence-corrected chi connectivity index (χ3v) is 6.34. The number of allylic oxidation sites excluding steroid dienone is 3. The van der Waals surface area contributed by atoms with Gasteiger partial charge in [0.2, 0.25) is 5.95 Å². The second kappa shape index (κ2) is 7.47. The molecule has 7 nitrogen and oxygen atoms in total. The van der Waals surface area contributed by atoms with Crippen LogP contribution in [0.25, 0.3) is 11.0 Å². The van der Waals surface area contributed by atoms with E-state index in [1.54, 1.807) is 12.1 Å². The number of aliphatic hydroxyl groups excluding tert-OH is 1. The van der Waals surface area contributed by atoms with Gasteiger partial charge in [-0.3, -0.25) is 4.79 Å². The lowest BCUT2D eigenvalue weighted by Gasteiger charge is -2.28. The fourth-order valence-electron chi connectivity index (χ4n) is 4.32. The van der Waals surface area contributed by atoms with Crippen LogP contribution in [0, 0.1) is 17.8 Å². The quantitative estimate of drug-likeness (QED) is 0.778. The second-order valence-corrected chi connectivity index (χ2v) is 8.59. The molecule has 0 amide bonds. The number of pyridine rings is 1. The van der Waals surface area contributed by atoms with E-state index in [1.807, 2.05) is 25.1 Å². The van der Waals surface area contributed by atoms with Crippen LogP contribution in [0.2, 0.25) is 0 Å². The molecular formula is C23H26N4O3. The van der Waals surface area contributed by atoms with E-state index in [9.17, 15) is 9.90 Å². The number of ether oxygens (including phenoxy) is 1. The van der Waals surface area contributed by atoms with Gasteiger partial charge in [-0.25, -0.2) is 15.0 Å². The van der Waals surface area contributed by atoms with Gasteiger partial charge in [-0.1, -0.05) is 19.9 Å². The molecule has 0 bridgehead atoms. The van der Waals surface area contributed by atoms with Crippen molar-refractivity contribution in [2.24, 2.45) is 17.8 Å². The third kappa shape index (κ3) is 3.47. The molecule has 4 unspecified atom stereocenters. The summed E-state index contributed by atoms with van der Waals surface area (Å²) in [5.41, 5.74) is 2.70. The number of aromatic nitrogens is 3. The smallest absolute Gasteiger partial charge is 0.226 e. The summed E-state index contributed by atoms with van der Waals surface area (Å²) < 4.78 is 5.47. The molecule has 30 heavy (non-hydrogen) atoms. The molecule has 156 valence electrons. The van der Waals surface area contributed by atoms with E-state index in [4.69, 9.17) is 19.7 Å². The number of rotatable bonds is 4. The first kappa shape index (κ1) is 19.2. The first-order valence-electron chi connectivity index (χ1n) is 10.7. The van der Waals surface area contributed by atoms with Crippen LogP contribution in [0.5, 0.6) is 0 Å². The molecule has 2 aromatic heterocycles. The van der Waals surface area contributed by atoms with Crippen molar-refractivity contribution in [2.45, 2.75) is 26.2 Å². The number of aliphatic hydroxyl groups is 1. The highest BCUT2D eigenvalue weighted by Gasteiger charge is 2.40. The summed E-state index contributed by atoms with van der Waals surface area (Å²) in [7, 11) is 0. The number of hydrogen-bond acceptors (Lipinski definition) is 7. The second-order valence-electron chi connectivity index (χ2n) is 8.59. The number of hydrogen-bond donors (Lipinski definition) is 1. The molecule has 1 aliphatic heterocycles. The van der Waals surface area contributed by atoms with Crippen molar-refractivity contribution in [2.75, 3.05) is 31.2 Å². The number of ketones is 1. The van der Waals surface area contributed by atoms with Gasteiger partial charge in [-0.15, -0.1) is 0 Å². The molecule has 2 aromatic rings. The monoisotopic (exact) mass is 406 g/mol. The first-order valence-corrected chi connectivity index (χ1v) is 10.7. The lowest BCUT2D eigenvalue weighted by Crippen LogP contribution is -2.37. The minimum absolute atomic E-state index is 0.0512. The molecule has 1 N–H and O–H groups in total. The highest BCUT2D eigenvalue weighted by molar-refractivity contribution is 5.99. The van der Waals surface area contributed by atoms with Gasteiger partial charge < -0.3 is 14.7 Å². The van der Waals surface area contributed by atoms with E-state index in [2.05, 4.69) is 11.8 Å². The van der Waals surface area contributed by atoms with Crippen LogP contribution >= 0.6 is 0 Å². The van der Waals surface area contributed by atoms with Crippen LogP contribution in [0.15, 0.2) is 36.1 Å². The molecule has 0 aromatic carbocycles. The van der Waals surface area contributed by atoms with E-state index < -0.39 is 0 Å². The molecular weight excluding hydrogens is 380 g/mol. The standard InChI is InChI=1S/C23H26N4O3/c1-13-11-15(28)3-4-16(13)20-21-18(25-23(26-20)27-7-9-30-10-8-27)5-6-19(24-21)22(29)17-12-14(17)2/h3-6,11,13-14,16-17,28H,7-10,12H2,1-2H3. The van der Waals surface area contributed by atoms with Gasteiger partial charge in [0.1, 0.15) is 17.0 Å². The van der Waals surface area contributed by atoms with Crippen molar-refractivity contribution in [3.05, 3.63) is 47.5 Å². The number of morpholine rings is 1. The van der Waals surface area contributed by atoms with Crippen LogP contribution in [-0.2, 0) is 4.74 Å². The fraction of sp³-hybridized carbons (Fsp3) is 0.478. The summed E-state index contributed by atoms with van der Waals surface area (Å²) in [6, 6.07) is 3.68. The predicted octanol–water partition coefficient (Wildman–Crippen LogP) is 3.43. The molecule has 2 aliphatic carbocycles. The Bertz CT molecular complexity index is 1060. The van der Waals surface area contributed by atoms with Crippen LogP contribution < -0.4 is 4.90 Å². The molecule has 0 spiro atoms. The maximum atomic E-state index is 12.8. The molecule has 1 saturated carbocycles. The van der Waals surface area contributed by atoms with Gasteiger partial charge >= 0.3 is 0 Å². The van der Waals surface area contributed by atoms with Crippen molar-refractivity contribution in [3.63, 3.8) is 0 Å². The summed E-state index contributed by atoms with van der Waals surface area (Å²) in [6.07, 6.45) is 6.43. The zero-order valence-electron chi connectivity index (χ0n) is 17.3. The number of Topliss-reactive ketones (excluding diaryl/α,β-unsaturated/α-hetero) is 1. The van der Waals surface area contributed by atoms with E-state index in [0.717, 1.165) is 30.7 Å². The topological polar surface area (TPSA) is 88.4 Å². The third-order valence-electron chi connectivity index (χ3n) is 6.34. The highest BCUT2D eigenvalue weighted by atomic mass is 16.5. The lowest BCUT2D eigenvalue weighted by atomic mass is 9.86. The fourth-order valence-corrected chi connectivity index (χ4v) is 4.32.